The molecular formula is C110H123BrF3N9O9S3. The average Bonchev–Trinajstić information content (AvgIpc) is 1.59. The van der Waals surface area contributed by atoms with Crippen molar-refractivity contribution >= 4 is 122 Å². The van der Waals surface area contributed by atoms with Gasteiger partial charge in [0.15, 0.2) is 0 Å². The maximum Gasteiger partial charge on any atom is 0.430 e. The highest BCUT2D eigenvalue weighted by molar-refractivity contribution is 9.09. The number of rotatable bonds is 44. The zero-order valence-corrected chi connectivity index (χ0v) is 83.7. The van der Waals surface area contributed by atoms with Crippen molar-refractivity contribution in [2.45, 2.75) is 208 Å². The number of alkyl halides is 4. The maximum absolute atomic E-state index is 14.1. The van der Waals surface area contributed by atoms with Crippen LogP contribution >= 0.6 is 49.9 Å². The molecule has 1 N–H and O–H groups in total. The Morgan fingerprint density at radius 2 is 0.785 bits per heavy atom. The van der Waals surface area contributed by atoms with Crippen LogP contribution in [0.15, 0.2) is 207 Å². The SMILES string of the molecule is [C-]#[N+]C1=C(/C=C/c2ccc(/C=C/c3ccc(N(CCCC)CCCC)cc3OCC(O)CBr)s2)C(C)(C)O/C1=C(\C)C#N.[C-]#[N+]C1=C(/C=C/c2ccc(/C=C/c3ccc(N(CCCC)CCCC)cc3OCC3CO3)s2)C(C)(C(F)(F)F)O/C1=C(\C)C#N.[C-]#[N+]C1=C(/C=C/c2ccc(/C=C/c3ccc(N(CCCC)CCCC)cc3OCC3CO3)s2)C(C)(c2ccccc2)O/C1=C(\C)C#N. The lowest BCUT2D eigenvalue weighted by atomic mass is 9.87. The predicted octanol–water partition coefficient (Wildman–Crippen LogP) is 28.7. The minimum absolute atomic E-state index is 0.0842. The molecule has 2 saturated heterocycles. The van der Waals surface area contributed by atoms with Crippen LogP contribution in [0.2, 0.25) is 0 Å². The second kappa shape index (κ2) is 51.2. The quantitative estimate of drug-likeness (QED) is 0.0164. The average molecular weight is 1950 g/mol. The van der Waals surface area contributed by atoms with Crippen molar-refractivity contribution < 1.29 is 56.2 Å². The molecular weight excluding hydrogens is 1820 g/mol. The zero-order valence-electron chi connectivity index (χ0n) is 79.7. The van der Waals surface area contributed by atoms with Gasteiger partial charge in [0, 0.05) is 143 Å². The number of unbranched alkanes of at least 4 members (excludes halogenated alkanes) is 6. The van der Waals surface area contributed by atoms with Crippen LogP contribution in [0.25, 0.3) is 69.2 Å². The molecule has 0 radical (unpaired) electrons. The summed E-state index contributed by atoms with van der Waals surface area (Å²) in [5.41, 5.74) is 5.30. The van der Waals surface area contributed by atoms with Gasteiger partial charge in [-0.25, -0.2) is 14.5 Å². The van der Waals surface area contributed by atoms with E-state index < -0.39 is 29.1 Å². The van der Waals surface area contributed by atoms with Crippen LogP contribution in [0.4, 0.5) is 30.2 Å². The van der Waals surface area contributed by atoms with Gasteiger partial charge in [-0.3, -0.25) is 0 Å². The molecule has 5 atom stereocenters. The van der Waals surface area contributed by atoms with E-state index in [2.05, 4.69) is 196 Å². The van der Waals surface area contributed by atoms with E-state index in [4.69, 9.17) is 57.6 Å². The number of nitrogens with zero attached hydrogens (tertiary/aromatic N) is 9. The molecule has 3 aromatic heterocycles. The Balaban J connectivity index is 0.000000210. The molecule has 0 amide bonds. The molecule has 708 valence electrons. The summed E-state index contributed by atoms with van der Waals surface area (Å²) in [7, 11) is 0. The van der Waals surface area contributed by atoms with Crippen LogP contribution in [0.1, 0.15) is 219 Å². The fourth-order valence-corrected chi connectivity index (χ4v) is 17.6. The minimum atomic E-state index is -4.80. The number of thiophene rings is 3. The molecule has 5 aliphatic rings. The first kappa shape index (κ1) is 105. The van der Waals surface area contributed by atoms with Gasteiger partial charge in [0.05, 0.1) is 74.0 Å². The smallest absolute Gasteiger partial charge is 0.430 e. The Bertz CT molecular complexity index is 5890. The van der Waals surface area contributed by atoms with Gasteiger partial charge in [0.25, 0.3) is 0 Å². The maximum atomic E-state index is 14.1. The van der Waals surface area contributed by atoms with E-state index in [9.17, 15) is 34.1 Å². The van der Waals surface area contributed by atoms with Crippen molar-refractivity contribution in [2.24, 2.45) is 0 Å². The highest BCUT2D eigenvalue weighted by Crippen LogP contribution is 2.52. The highest BCUT2D eigenvalue weighted by Gasteiger charge is 2.60. The molecule has 0 bridgehead atoms. The second-order valence-electron chi connectivity index (χ2n) is 34.2. The molecule has 5 unspecified atom stereocenters. The Morgan fingerprint density at radius 3 is 1.12 bits per heavy atom. The van der Waals surface area contributed by atoms with Crippen LogP contribution in [-0.2, 0) is 29.3 Å². The van der Waals surface area contributed by atoms with Gasteiger partial charge in [-0.15, -0.1) is 34.0 Å². The zero-order chi connectivity index (χ0) is 97.2. The third-order valence-electron chi connectivity index (χ3n) is 23.3. The van der Waals surface area contributed by atoms with E-state index in [1.807, 2.05) is 99.7 Å². The summed E-state index contributed by atoms with van der Waals surface area (Å²) in [6, 6.07) is 47.0. The Labute approximate surface area is 817 Å². The minimum Gasteiger partial charge on any atom is -0.494 e. The normalized spacial score (nSPS) is 19.1. The molecule has 8 heterocycles. The van der Waals surface area contributed by atoms with E-state index in [0.717, 1.165) is 191 Å². The number of ether oxygens (including phenoxy) is 8. The van der Waals surface area contributed by atoms with Gasteiger partial charge in [-0.1, -0.05) is 145 Å². The van der Waals surface area contributed by atoms with Crippen LogP contribution in [0.5, 0.6) is 17.2 Å². The van der Waals surface area contributed by atoms with E-state index >= 15 is 0 Å². The fourth-order valence-electron chi connectivity index (χ4n) is 15.0. The summed E-state index contributed by atoms with van der Waals surface area (Å²) in [5.74, 6) is 2.78. The van der Waals surface area contributed by atoms with E-state index in [0.29, 0.717) is 64.1 Å². The first-order chi connectivity index (χ1) is 65.1. The summed E-state index contributed by atoms with van der Waals surface area (Å²) in [4.78, 5) is 24.0. The predicted molar refractivity (Wildman–Crippen MR) is 549 cm³/mol. The largest absolute Gasteiger partial charge is 0.494 e. The standard InChI is InChI=1S/C40H43N3O3S.C35H42BrN3O3S.C35H38F3N3O3S/c1-6-8-23-43(24-9-7-2)32-17-15-30(37(25-32)45-28-33-27-44-33)16-18-34-19-20-35(47-34)21-22-36-38(42-5)39(29(3)26-41)46-40(36,4)31-13-11-10-12-14-31;1-7-9-19-39(20-10-8-2)27-13-11-26(32(21-27)41-24-28(40)22-36)12-14-29-15-16-30(43-29)17-18-31-33(38-6)34(25(3)23-37)42-35(31,4)5;1-6-8-18-41(19-9-7-2)26-12-10-25(31(20-26)43-23-27-22-42-27)11-13-28-14-15-29(45-28)16-17-30-32(40-5)33(24(3)21-39)44-34(30,4)35(36,37)38/h10-22,25,33H,6-9,23-24,27-28H2,1-4H3;11-18,21,28,40H,7-10,19-20,22,24H2,1-5H3;10-17,20,27H,6-9,18-19,22-23H2,1-4H3/b18-16+,22-21+,39-29+;14-12+,18-17+,34-25+;13-11+,17-16+,33-24+. The summed E-state index contributed by atoms with van der Waals surface area (Å²) in [6.07, 6.45) is 31.6. The molecule has 0 aliphatic carbocycles. The molecule has 0 spiro atoms. The molecule has 18 nitrogen and oxygen atoms in total. The van der Waals surface area contributed by atoms with E-state index in [1.54, 1.807) is 54.7 Å². The number of aliphatic hydroxyl groups is 1. The van der Waals surface area contributed by atoms with E-state index in [1.165, 1.54) is 55.7 Å². The molecule has 25 heteroatoms. The van der Waals surface area contributed by atoms with Crippen LogP contribution < -0.4 is 28.9 Å². The van der Waals surface area contributed by atoms with Crippen LogP contribution in [0.3, 0.4) is 0 Å². The summed E-state index contributed by atoms with van der Waals surface area (Å²) < 4.78 is 89.3. The molecule has 5 aliphatic heterocycles. The molecule has 12 rings (SSSR count). The van der Waals surface area contributed by atoms with Gasteiger partial charge in [-0.2, -0.15) is 29.0 Å². The lowest BCUT2D eigenvalue weighted by Crippen LogP contribution is -2.43. The molecule has 2 fully saturated rings. The third kappa shape index (κ3) is 28.9. The first-order valence-electron chi connectivity index (χ1n) is 46.4. The van der Waals surface area contributed by atoms with Crippen molar-refractivity contribution in [3.63, 3.8) is 0 Å². The Hall–Kier alpha value is -11.9. The number of allylic oxidation sites excluding steroid dienone is 3. The second-order valence-corrected chi connectivity index (χ2v) is 38.3. The molecule has 135 heavy (non-hydrogen) atoms. The Morgan fingerprint density at radius 1 is 0.467 bits per heavy atom. The van der Waals surface area contributed by atoms with Crippen molar-refractivity contribution in [2.75, 3.05) is 92.3 Å². The number of epoxide rings is 2. The van der Waals surface area contributed by atoms with Crippen molar-refractivity contribution in [3.05, 3.63) is 293 Å². The lowest BCUT2D eigenvalue weighted by Gasteiger charge is -2.29. The number of halogens is 4. The fraction of sp³-hybridized carbons (Fsp3) is 0.400. The topological polar surface area (TPSA) is 195 Å². The van der Waals surface area contributed by atoms with E-state index in [-0.39, 0.29) is 41.4 Å². The molecule has 0 saturated carbocycles. The van der Waals surface area contributed by atoms with Gasteiger partial charge in [0.1, 0.15) is 77.8 Å². The number of hydrogen-bond donors (Lipinski definition) is 1. The number of aliphatic hydroxyl groups excluding tert-OH is 1. The Kier molecular flexibility index (Phi) is 39.9. The van der Waals surface area contributed by atoms with Crippen molar-refractivity contribution in [1.82, 2.24) is 0 Å². The summed E-state index contributed by atoms with van der Waals surface area (Å²) in [6.45, 7) is 56.6. The number of nitriles is 3. The number of benzene rings is 4. The van der Waals surface area contributed by atoms with Crippen molar-refractivity contribution in [3.8, 4) is 35.5 Å². The highest BCUT2D eigenvalue weighted by atomic mass is 79.9. The van der Waals surface area contributed by atoms with Crippen LogP contribution in [0, 0.1) is 53.7 Å². The third-order valence-corrected chi connectivity index (χ3v) is 27.1. The lowest BCUT2D eigenvalue weighted by molar-refractivity contribution is -0.236. The van der Waals surface area contributed by atoms with Gasteiger partial charge in [-0.05, 0) is 220 Å². The van der Waals surface area contributed by atoms with Crippen molar-refractivity contribution in [1.29, 1.82) is 15.8 Å². The number of anilines is 3. The summed E-state index contributed by atoms with van der Waals surface area (Å²) in [5, 5.41) is 38.8. The van der Waals surface area contributed by atoms with Gasteiger partial charge >= 0.3 is 6.18 Å². The monoisotopic (exact) mass is 1950 g/mol. The molecule has 4 aromatic carbocycles. The van der Waals surface area contributed by atoms with Crippen LogP contribution in [-0.4, -0.2) is 118 Å². The first-order valence-corrected chi connectivity index (χ1v) is 50.0. The summed E-state index contributed by atoms with van der Waals surface area (Å²) >= 11 is 8.02. The van der Waals surface area contributed by atoms with Gasteiger partial charge in [0.2, 0.25) is 22.7 Å². The number of hydrogen-bond acceptors (Lipinski definition) is 18. The molecule has 7 aromatic rings. The van der Waals surface area contributed by atoms with Gasteiger partial charge < -0.3 is 57.7 Å².